The van der Waals surface area contributed by atoms with Crippen LogP contribution in [0.3, 0.4) is 0 Å². The summed E-state index contributed by atoms with van der Waals surface area (Å²) in [5, 5.41) is 9.41. The number of hydrogen-bond acceptors (Lipinski definition) is 2. The van der Waals surface area contributed by atoms with Gasteiger partial charge in [0.2, 0.25) is 0 Å². The van der Waals surface area contributed by atoms with Gasteiger partial charge in [-0.1, -0.05) is 60.7 Å². The quantitative estimate of drug-likeness (QED) is 0.613. The third kappa shape index (κ3) is 4.91. The Balaban J connectivity index is 1.74. The molecule has 0 heterocycles. The molecule has 0 aliphatic rings. The molecule has 0 fully saturated rings. The van der Waals surface area contributed by atoms with Crippen molar-refractivity contribution >= 4 is 5.97 Å². The highest BCUT2D eigenvalue weighted by Gasteiger charge is 2.31. The zero-order valence-electron chi connectivity index (χ0n) is 14.7. The minimum atomic E-state index is -4.48. The summed E-state index contributed by atoms with van der Waals surface area (Å²) in [6.07, 6.45) is -5.96. The van der Waals surface area contributed by atoms with E-state index in [9.17, 15) is 23.1 Å². The van der Waals surface area contributed by atoms with Crippen LogP contribution in [0.1, 0.15) is 11.1 Å². The summed E-state index contributed by atoms with van der Waals surface area (Å²) in [5.74, 6) is -0.913. The summed E-state index contributed by atoms with van der Waals surface area (Å²) >= 11 is 0. The Bertz CT molecular complexity index is 935. The molecule has 0 aliphatic carbocycles. The zero-order valence-corrected chi connectivity index (χ0v) is 14.7. The molecule has 0 spiro atoms. The SMILES string of the molecule is O=C(O)[C@H](Cc1cccc(C(F)(F)F)c1)Oc1ccc(-c2ccccc2)cc1. The number of aliphatic carboxylic acids is 1. The van der Waals surface area contributed by atoms with Gasteiger partial charge in [0.15, 0.2) is 6.10 Å². The number of benzene rings is 3. The maximum atomic E-state index is 12.8. The monoisotopic (exact) mass is 386 g/mol. The molecular formula is C22H17F3O3. The highest BCUT2D eigenvalue weighted by Crippen LogP contribution is 2.30. The Hall–Kier alpha value is -3.28. The fourth-order valence-electron chi connectivity index (χ4n) is 2.79. The Kier molecular flexibility index (Phi) is 5.68. The summed E-state index contributed by atoms with van der Waals surface area (Å²) in [4.78, 5) is 11.5. The van der Waals surface area contributed by atoms with Crippen molar-refractivity contribution in [2.24, 2.45) is 0 Å². The van der Waals surface area contributed by atoms with Gasteiger partial charge in [0, 0.05) is 6.42 Å². The first-order valence-corrected chi connectivity index (χ1v) is 8.54. The number of carbonyl (C=O) groups is 1. The Morgan fingerprint density at radius 2 is 1.54 bits per heavy atom. The van der Waals surface area contributed by atoms with Crippen molar-refractivity contribution in [2.45, 2.75) is 18.7 Å². The lowest BCUT2D eigenvalue weighted by Gasteiger charge is -2.16. The van der Waals surface area contributed by atoms with Crippen LogP contribution in [-0.2, 0) is 17.4 Å². The van der Waals surface area contributed by atoms with Gasteiger partial charge in [-0.2, -0.15) is 13.2 Å². The first-order valence-electron chi connectivity index (χ1n) is 8.54. The number of ether oxygens (including phenoxy) is 1. The summed E-state index contributed by atoms with van der Waals surface area (Å²) in [6, 6.07) is 21.1. The third-order valence-electron chi connectivity index (χ3n) is 4.19. The second-order valence-corrected chi connectivity index (χ2v) is 6.24. The normalized spacial score (nSPS) is 12.4. The van der Waals surface area contributed by atoms with Gasteiger partial charge in [-0.3, -0.25) is 0 Å². The lowest BCUT2D eigenvalue weighted by molar-refractivity contribution is -0.145. The molecule has 1 atom stereocenters. The summed E-state index contributed by atoms with van der Waals surface area (Å²) in [5.41, 5.74) is 1.37. The van der Waals surface area contributed by atoms with Crippen molar-refractivity contribution in [3.8, 4) is 16.9 Å². The maximum Gasteiger partial charge on any atom is 0.416 e. The molecule has 0 amide bonds. The Labute approximate surface area is 160 Å². The van der Waals surface area contributed by atoms with Crippen molar-refractivity contribution in [1.29, 1.82) is 0 Å². The molecule has 3 nitrogen and oxygen atoms in total. The molecular weight excluding hydrogens is 369 g/mol. The van der Waals surface area contributed by atoms with Gasteiger partial charge < -0.3 is 9.84 Å². The van der Waals surface area contributed by atoms with Crippen LogP contribution in [0.15, 0.2) is 78.9 Å². The van der Waals surface area contributed by atoms with E-state index in [0.717, 1.165) is 23.3 Å². The van der Waals surface area contributed by atoms with E-state index >= 15 is 0 Å². The first kappa shape index (κ1) is 19.5. The van der Waals surface area contributed by atoms with Crippen LogP contribution in [0.5, 0.6) is 5.75 Å². The number of carboxylic acids is 1. The lowest BCUT2D eigenvalue weighted by Crippen LogP contribution is -2.29. The van der Waals surface area contributed by atoms with Crippen molar-refractivity contribution in [2.75, 3.05) is 0 Å². The average molecular weight is 386 g/mol. The standard InChI is InChI=1S/C22H17F3O3/c23-22(24,25)18-8-4-5-15(13-18)14-20(21(26)27)28-19-11-9-17(10-12-19)16-6-2-1-3-7-16/h1-13,20H,14H2,(H,26,27)/t20-/m0/s1. The molecule has 3 rings (SSSR count). The van der Waals surface area contributed by atoms with Crippen LogP contribution in [0, 0.1) is 0 Å². The van der Waals surface area contributed by atoms with Crippen LogP contribution in [0.25, 0.3) is 11.1 Å². The molecule has 0 unspecified atom stereocenters. The van der Waals surface area contributed by atoms with Crippen LogP contribution in [0.4, 0.5) is 13.2 Å². The number of halogens is 3. The molecule has 6 heteroatoms. The van der Waals surface area contributed by atoms with Crippen LogP contribution in [0.2, 0.25) is 0 Å². The molecule has 3 aromatic carbocycles. The van der Waals surface area contributed by atoms with Crippen molar-refractivity contribution in [3.05, 3.63) is 90.0 Å². The van der Waals surface area contributed by atoms with Gasteiger partial charge in [0.1, 0.15) is 5.75 Å². The van der Waals surface area contributed by atoms with E-state index in [-0.39, 0.29) is 12.0 Å². The highest BCUT2D eigenvalue weighted by molar-refractivity contribution is 5.73. The smallest absolute Gasteiger partial charge is 0.416 e. The van der Waals surface area contributed by atoms with Gasteiger partial charge in [0.25, 0.3) is 0 Å². The van der Waals surface area contributed by atoms with Crippen molar-refractivity contribution < 1.29 is 27.8 Å². The predicted octanol–water partition coefficient (Wildman–Crippen LogP) is 5.45. The van der Waals surface area contributed by atoms with E-state index in [1.165, 1.54) is 12.1 Å². The molecule has 28 heavy (non-hydrogen) atoms. The zero-order chi connectivity index (χ0) is 20.1. The number of rotatable bonds is 6. The van der Waals surface area contributed by atoms with Gasteiger partial charge in [0.05, 0.1) is 5.56 Å². The average Bonchev–Trinajstić information content (AvgIpc) is 2.68. The summed E-state index contributed by atoms with van der Waals surface area (Å²) in [6.45, 7) is 0. The van der Waals surface area contributed by atoms with E-state index in [0.29, 0.717) is 5.75 Å². The lowest BCUT2D eigenvalue weighted by atomic mass is 10.0. The first-order chi connectivity index (χ1) is 13.3. The van der Waals surface area contributed by atoms with E-state index in [4.69, 9.17) is 4.74 Å². The van der Waals surface area contributed by atoms with Gasteiger partial charge >= 0.3 is 12.1 Å². The highest BCUT2D eigenvalue weighted by atomic mass is 19.4. The van der Waals surface area contributed by atoms with Crippen molar-refractivity contribution in [1.82, 2.24) is 0 Å². The van der Waals surface area contributed by atoms with Crippen LogP contribution in [-0.4, -0.2) is 17.2 Å². The molecule has 0 bridgehead atoms. The molecule has 0 aliphatic heterocycles. The molecule has 0 saturated carbocycles. The van der Waals surface area contributed by atoms with E-state index < -0.39 is 23.8 Å². The molecule has 0 saturated heterocycles. The summed E-state index contributed by atoms with van der Waals surface area (Å²) < 4.78 is 44.0. The molecule has 0 radical (unpaired) electrons. The summed E-state index contributed by atoms with van der Waals surface area (Å²) in [7, 11) is 0. The Morgan fingerprint density at radius 3 is 2.14 bits per heavy atom. The van der Waals surface area contributed by atoms with E-state index in [2.05, 4.69) is 0 Å². The minimum Gasteiger partial charge on any atom is -0.478 e. The number of hydrogen-bond donors (Lipinski definition) is 1. The molecule has 0 aromatic heterocycles. The second kappa shape index (κ2) is 8.17. The molecule has 1 N–H and O–H groups in total. The second-order valence-electron chi connectivity index (χ2n) is 6.24. The fraction of sp³-hybridized carbons (Fsp3) is 0.136. The Morgan fingerprint density at radius 1 is 0.893 bits per heavy atom. The molecule has 144 valence electrons. The number of alkyl halides is 3. The van der Waals surface area contributed by atoms with E-state index in [1.807, 2.05) is 30.3 Å². The fourth-order valence-corrected chi connectivity index (χ4v) is 2.79. The van der Waals surface area contributed by atoms with Gasteiger partial charge in [-0.25, -0.2) is 4.79 Å². The predicted molar refractivity (Wildman–Crippen MR) is 99.1 cm³/mol. The molecule has 3 aromatic rings. The topological polar surface area (TPSA) is 46.5 Å². The third-order valence-corrected chi connectivity index (χ3v) is 4.19. The maximum absolute atomic E-state index is 12.8. The largest absolute Gasteiger partial charge is 0.478 e. The van der Waals surface area contributed by atoms with Gasteiger partial charge in [-0.15, -0.1) is 0 Å². The van der Waals surface area contributed by atoms with Crippen molar-refractivity contribution in [3.63, 3.8) is 0 Å². The minimum absolute atomic E-state index is 0.181. The van der Waals surface area contributed by atoms with Crippen LogP contribution >= 0.6 is 0 Å². The number of carboxylic acid groups (broad SMARTS) is 1. The van der Waals surface area contributed by atoms with Gasteiger partial charge in [-0.05, 0) is 34.9 Å². The van der Waals surface area contributed by atoms with Crippen LogP contribution < -0.4 is 4.74 Å². The van der Waals surface area contributed by atoms with E-state index in [1.54, 1.807) is 24.3 Å².